The summed E-state index contributed by atoms with van der Waals surface area (Å²) in [4.78, 5) is 22.1. The van der Waals surface area contributed by atoms with Crippen molar-refractivity contribution >= 4 is 23.2 Å². The van der Waals surface area contributed by atoms with Crippen molar-refractivity contribution in [2.24, 2.45) is 5.92 Å². The summed E-state index contributed by atoms with van der Waals surface area (Å²) in [7, 11) is 0. The number of nitrogens with one attached hydrogen (secondary N) is 1. The molecular formula is C14H19ClN6O3. The molecule has 0 aromatic carbocycles. The molecular weight excluding hydrogens is 336 g/mol. The number of hydrogen-bond acceptors (Lipinski definition) is 5. The summed E-state index contributed by atoms with van der Waals surface area (Å²) < 4.78 is 3.15. The summed E-state index contributed by atoms with van der Waals surface area (Å²) >= 11 is 5.93. The molecule has 0 fully saturated rings. The molecule has 2 heterocycles. The van der Waals surface area contributed by atoms with Crippen molar-refractivity contribution in [3.63, 3.8) is 0 Å². The third-order valence-corrected chi connectivity index (χ3v) is 3.86. The first-order valence-electron chi connectivity index (χ1n) is 7.51. The van der Waals surface area contributed by atoms with Crippen LogP contribution in [0.5, 0.6) is 0 Å². The highest BCUT2D eigenvalue weighted by Gasteiger charge is 2.16. The molecule has 1 N–H and O–H groups in total. The van der Waals surface area contributed by atoms with Crippen LogP contribution in [0.2, 0.25) is 5.02 Å². The molecule has 0 saturated heterocycles. The molecule has 0 aliphatic rings. The maximum absolute atomic E-state index is 12.0. The van der Waals surface area contributed by atoms with Gasteiger partial charge in [-0.1, -0.05) is 18.5 Å². The van der Waals surface area contributed by atoms with E-state index in [2.05, 4.69) is 15.5 Å². The molecule has 0 bridgehead atoms. The molecule has 1 atom stereocenters. The van der Waals surface area contributed by atoms with E-state index in [1.54, 1.807) is 17.8 Å². The van der Waals surface area contributed by atoms with E-state index >= 15 is 0 Å². The largest absolute Gasteiger partial charge is 0.356 e. The van der Waals surface area contributed by atoms with Crippen molar-refractivity contribution in [2.45, 2.75) is 33.4 Å². The van der Waals surface area contributed by atoms with Crippen molar-refractivity contribution in [3.8, 4) is 0 Å². The number of halogens is 1. The zero-order chi connectivity index (χ0) is 17.7. The van der Waals surface area contributed by atoms with Crippen LogP contribution >= 0.6 is 11.6 Å². The number of aryl methyl sites for hydroxylation is 2. The lowest BCUT2D eigenvalue weighted by Crippen LogP contribution is -2.32. The number of nitro groups is 1. The second-order valence-corrected chi connectivity index (χ2v) is 5.96. The molecule has 9 nitrogen and oxygen atoms in total. The van der Waals surface area contributed by atoms with Crippen LogP contribution in [0.4, 0.5) is 5.69 Å². The van der Waals surface area contributed by atoms with Gasteiger partial charge < -0.3 is 5.32 Å². The maximum atomic E-state index is 12.0. The van der Waals surface area contributed by atoms with Crippen LogP contribution in [0.3, 0.4) is 0 Å². The Morgan fingerprint density at radius 3 is 2.79 bits per heavy atom. The topological polar surface area (TPSA) is 108 Å². The van der Waals surface area contributed by atoms with Gasteiger partial charge in [0.2, 0.25) is 5.91 Å². The Balaban J connectivity index is 1.72. The Kier molecular flexibility index (Phi) is 5.91. The number of amides is 1. The summed E-state index contributed by atoms with van der Waals surface area (Å²) in [5, 5.41) is 22.2. The maximum Gasteiger partial charge on any atom is 0.306 e. The van der Waals surface area contributed by atoms with Gasteiger partial charge in [0.05, 0.1) is 28.1 Å². The Hall–Kier alpha value is -2.42. The predicted molar refractivity (Wildman–Crippen MR) is 87.6 cm³/mol. The van der Waals surface area contributed by atoms with E-state index < -0.39 is 4.92 Å². The van der Waals surface area contributed by atoms with Crippen LogP contribution < -0.4 is 5.32 Å². The fraction of sp³-hybridized carbons (Fsp3) is 0.500. The van der Waals surface area contributed by atoms with Gasteiger partial charge >= 0.3 is 5.69 Å². The number of carbonyl (C=O) groups is 1. The van der Waals surface area contributed by atoms with E-state index in [9.17, 15) is 14.9 Å². The van der Waals surface area contributed by atoms with Crippen LogP contribution in [0, 0.1) is 23.0 Å². The highest BCUT2D eigenvalue weighted by atomic mass is 35.5. The van der Waals surface area contributed by atoms with Gasteiger partial charge in [0.15, 0.2) is 0 Å². The number of aromatic nitrogens is 4. The van der Waals surface area contributed by atoms with Gasteiger partial charge in [0.25, 0.3) is 0 Å². The molecule has 2 aromatic heterocycles. The second-order valence-electron chi connectivity index (χ2n) is 5.55. The molecule has 0 aliphatic heterocycles. The SMILES string of the molecule is Cc1nn(CCCNC(=O)C(C)Cn2cc([N+](=O)[O-])cn2)cc1Cl. The van der Waals surface area contributed by atoms with Gasteiger partial charge in [-0.3, -0.25) is 24.3 Å². The van der Waals surface area contributed by atoms with E-state index in [4.69, 9.17) is 11.6 Å². The van der Waals surface area contributed by atoms with Crippen molar-refractivity contribution in [1.82, 2.24) is 24.9 Å². The first kappa shape index (κ1) is 17.9. The summed E-state index contributed by atoms with van der Waals surface area (Å²) in [6.07, 6.45) is 4.96. The number of carbonyl (C=O) groups excluding carboxylic acids is 1. The van der Waals surface area contributed by atoms with Gasteiger partial charge in [0.1, 0.15) is 12.4 Å². The summed E-state index contributed by atoms with van der Waals surface area (Å²) in [6.45, 7) is 5.04. The average Bonchev–Trinajstić information content (AvgIpc) is 3.11. The van der Waals surface area contributed by atoms with E-state index in [0.717, 1.165) is 12.1 Å². The molecule has 2 rings (SSSR count). The van der Waals surface area contributed by atoms with Crippen molar-refractivity contribution in [3.05, 3.63) is 39.4 Å². The van der Waals surface area contributed by atoms with E-state index in [-0.39, 0.29) is 24.1 Å². The zero-order valence-electron chi connectivity index (χ0n) is 13.5. The smallest absolute Gasteiger partial charge is 0.306 e. The molecule has 130 valence electrons. The summed E-state index contributed by atoms with van der Waals surface area (Å²) in [6, 6.07) is 0. The third kappa shape index (κ3) is 4.79. The van der Waals surface area contributed by atoms with Crippen molar-refractivity contribution in [1.29, 1.82) is 0 Å². The molecule has 2 aromatic rings. The quantitative estimate of drug-likeness (QED) is 0.441. The van der Waals surface area contributed by atoms with Gasteiger partial charge in [-0.25, -0.2) is 0 Å². The lowest BCUT2D eigenvalue weighted by atomic mass is 10.1. The normalized spacial score (nSPS) is 12.1. The third-order valence-electron chi connectivity index (χ3n) is 3.49. The van der Waals surface area contributed by atoms with E-state index in [1.807, 2.05) is 6.92 Å². The standard InChI is InChI=1S/C14H19ClN6O3/c1-10(7-20-8-12(6-17-20)21(23)24)14(22)16-4-3-5-19-9-13(15)11(2)18-19/h6,8-10H,3-5,7H2,1-2H3,(H,16,22). The Morgan fingerprint density at radius 1 is 1.46 bits per heavy atom. The highest BCUT2D eigenvalue weighted by Crippen LogP contribution is 2.12. The van der Waals surface area contributed by atoms with Crippen molar-refractivity contribution < 1.29 is 9.72 Å². The molecule has 1 amide bonds. The van der Waals surface area contributed by atoms with Crippen LogP contribution in [0.15, 0.2) is 18.6 Å². The number of hydrogen-bond donors (Lipinski definition) is 1. The molecule has 10 heteroatoms. The van der Waals surface area contributed by atoms with E-state index in [1.165, 1.54) is 17.1 Å². The lowest BCUT2D eigenvalue weighted by molar-refractivity contribution is -0.385. The lowest BCUT2D eigenvalue weighted by Gasteiger charge is -2.12. The Bertz CT molecular complexity index is 706. The van der Waals surface area contributed by atoms with Gasteiger partial charge in [0, 0.05) is 19.3 Å². The van der Waals surface area contributed by atoms with Crippen LogP contribution in [0.25, 0.3) is 0 Å². The minimum absolute atomic E-state index is 0.0872. The monoisotopic (exact) mass is 354 g/mol. The van der Waals surface area contributed by atoms with Gasteiger partial charge in [-0.2, -0.15) is 10.2 Å². The summed E-state index contributed by atoms with van der Waals surface area (Å²) in [5.41, 5.74) is 0.693. The fourth-order valence-electron chi connectivity index (χ4n) is 2.15. The fourth-order valence-corrected chi connectivity index (χ4v) is 2.30. The van der Waals surface area contributed by atoms with Gasteiger partial charge in [-0.05, 0) is 13.3 Å². The van der Waals surface area contributed by atoms with Crippen LogP contribution in [-0.2, 0) is 17.9 Å². The zero-order valence-corrected chi connectivity index (χ0v) is 14.2. The molecule has 0 spiro atoms. The first-order valence-corrected chi connectivity index (χ1v) is 7.88. The predicted octanol–water partition coefficient (Wildman–Crippen LogP) is 1.79. The average molecular weight is 355 g/mol. The number of nitrogens with zero attached hydrogens (tertiary/aromatic N) is 5. The van der Waals surface area contributed by atoms with Crippen molar-refractivity contribution in [2.75, 3.05) is 6.54 Å². The first-order chi connectivity index (χ1) is 11.4. The van der Waals surface area contributed by atoms with Crippen LogP contribution in [-0.4, -0.2) is 36.9 Å². The molecule has 24 heavy (non-hydrogen) atoms. The van der Waals surface area contributed by atoms with Crippen LogP contribution in [0.1, 0.15) is 19.0 Å². The summed E-state index contributed by atoms with van der Waals surface area (Å²) in [5.74, 6) is -0.464. The molecule has 0 saturated carbocycles. The Morgan fingerprint density at radius 2 is 2.21 bits per heavy atom. The van der Waals surface area contributed by atoms with Gasteiger partial charge in [-0.15, -0.1) is 0 Å². The molecule has 0 aliphatic carbocycles. The molecule has 0 radical (unpaired) electrons. The molecule has 1 unspecified atom stereocenters. The minimum atomic E-state index is -0.516. The second kappa shape index (κ2) is 7.91. The van der Waals surface area contributed by atoms with E-state index in [0.29, 0.717) is 18.1 Å². The number of rotatable bonds is 8. The Labute approximate surface area is 143 Å². The minimum Gasteiger partial charge on any atom is -0.356 e. The highest BCUT2D eigenvalue weighted by molar-refractivity contribution is 6.31.